The fourth-order valence-electron chi connectivity index (χ4n) is 10.2. The number of likely N-dealkylation sites (tertiary alicyclic amines) is 1. The van der Waals surface area contributed by atoms with Crippen LogP contribution in [0.2, 0.25) is 0 Å². The number of phenols is 1. The molecule has 1 saturated heterocycles. The molecule has 2 aromatic carbocycles. The Kier molecular flexibility index (Phi) is 28.2. The zero-order chi connectivity index (χ0) is 65.2. The first kappa shape index (κ1) is 70.6. The van der Waals surface area contributed by atoms with Crippen molar-refractivity contribution in [2.45, 2.75) is 159 Å². The number of rotatable bonds is 37. The van der Waals surface area contributed by atoms with E-state index in [1.165, 1.54) is 41.7 Å². The number of imidazole rings is 1. The van der Waals surface area contributed by atoms with Crippen molar-refractivity contribution in [2.75, 3.05) is 32.8 Å². The number of carbonyl (C=O) groups excluding carboxylic acids is 10. The number of aliphatic imine (C=N–C) groups is 1. The summed E-state index contributed by atoms with van der Waals surface area (Å²) in [7, 11) is 0. The quantitative estimate of drug-likeness (QED) is 0.0121. The molecule has 0 bridgehead atoms. The van der Waals surface area contributed by atoms with Crippen LogP contribution in [0.1, 0.15) is 102 Å². The van der Waals surface area contributed by atoms with Gasteiger partial charge in [-0.15, -0.1) is 0 Å². The lowest BCUT2D eigenvalue weighted by molar-refractivity contribution is -0.142. The van der Waals surface area contributed by atoms with Gasteiger partial charge in [0.2, 0.25) is 59.1 Å². The molecular formula is C59H88N18O12. The number of nitrogens with two attached hydrogens (primary N) is 5. The molecule has 10 amide bonds. The van der Waals surface area contributed by atoms with E-state index in [9.17, 15) is 58.2 Å². The van der Waals surface area contributed by atoms with Crippen LogP contribution in [0.4, 0.5) is 0 Å². The molecule has 9 atom stereocenters. The van der Waals surface area contributed by atoms with Crippen molar-refractivity contribution in [1.82, 2.24) is 62.4 Å². The second-order valence-electron chi connectivity index (χ2n) is 22.4. The number of guanidine groups is 1. The average molecular weight is 1240 g/mol. The molecule has 1 fully saturated rings. The van der Waals surface area contributed by atoms with E-state index >= 15 is 0 Å². The number of primary amides is 1. The summed E-state index contributed by atoms with van der Waals surface area (Å²) in [6.45, 7) is 5.35. The van der Waals surface area contributed by atoms with E-state index in [0.717, 1.165) is 0 Å². The number of hydrogen-bond acceptors (Lipinski definition) is 16. The van der Waals surface area contributed by atoms with Crippen molar-refractivity contribution < 1.29 is 58.2 Å². The summed E-state index contributed by atoms with van der Waals surface area (Å²) in [6, 6.07) is 0.843. The Labute approximate surface area is 515 Å². The summed E-state index contributed by atoms with van der Waals surface area (Å²) in [5, 5.41) is 43.1. The number of aromatic hydroxyl groups is 1. The molecule has 30 nitrogen and oxygen atoms in total. The van der Waals surface area contributed by atoms with Crippen molar-refractivity contribution in [3.05, 3.63) is 84.1 Å². The van der Waals surface area contributed by atoms with E-state index in [-0.39, 0.29) is 101 Å². The minimum Gasteiger partial charge on any atom is -0.508 e. The zero-order valence-corrected chi connectivity index (χ0v) is 50.6. The number of aliphatic hydroxyl groups is 1. The topological polar surface area (TPSA) is 498 Å². The van der Waals surface area contributed by atoms with Gasteiger partial charge in [0.25, 0.3) is 0 Å². The molecule has 486 valence electrons. The van der Waals surface area contributed by atoms with Gasteiger partial charge >= 0.3 is 0 Å². The number of likely N-dealkylation sites (N-methyl/N-ethyl adjacent to an activating group) is 1. The van der Waals surface area contributed by atoms with Crippen molar-refractivity contribution in [1.29, 1.82) is 0 Å². The number of aliphatic hydroxyl groups excluding tert-OH is 1. The minimum atomic E-state index is -1.78. The number of fused-ring (bicyclic) bond motifs is 1. The van der Waals surface area contributed by atoms with E-state index < -0.39 is 114 Å². The van der Waals surface area contributed by atoms with Crippen LogP contribution in [0.15, 0.2) is 72.2 Å². The molecule has 5 rings (SSSR count). The van der Waals surface area contributed by atoms with E-state index in [4.69, 9.17) is 28.7 Å². The molecule has 3 heterocycles. The number of aromatic nitrogens is 3. The molecule has 89 heavy (non-hydrogen) atoms. The SMILES string of the molecule is CCNC(=O)[C@@H]1CCCN1C(=O)[C@H](CCCN=C(N)N)NC(=O)[C@H](CC(C)C)NC(=O)[C@@H](CCCCN)NC(=O)[C@H](Cc1ccc(O)cc1)NC(=O)[C@H](CO)NC(=O)[C@H](Cc1c[nH]c2ccccc12)NC(=O)[C@H](Cc1cnc[nH]1)NC(=O)[C@@H](N)CCC(N)=O. The number of benzene rings is 2. The molecule has 0 unspecified atom stereocenters. The molecule has 4 aromatic rings. The van der Waals surface area contributed by atoms with Crippen LogP contribution in [-0.2, 0) is 67.2 Å². The van der Waals surface area contributed by atoms with E-state index in [0.29, 0.717) is 60.0 Å². The number of H-pyrrole nitrogens is 2. The largest absolute Gasteiger partial charge is 0.508 e. The van der Waals surface area contributed by atoms with Gasteiger partial charge in [0.05, 0.1) is 19.0 Å². The van der Waals surface area contributed by atoms with Gasteiger partial charge in [-0.2, -0.15) is 0 Å². The molecule has 22 N–H and O–H groups in total. The van der Waals surface area contributed by atoms with Crippen molar-refractivity contribution in [2.24, 2.45) is 39.6 Å². The second kappa shape index (κ2) is 35.6. The van der Waals surface area contributed by atoms with Gasteiger partial charge in [0.15, 0.2) is 5.96 Å². The van der Waals surface area contributed by atoms with E-state index in [1.807, 2.05) is 13.8 Å². The van der Waals surface area contributed by atoms with Crippen molar-refractivity contribution >= 4 is 75.9 Å². The van der Waals surface area contributed by atoms with E-state index in [2.05, 4.69) is 62.5 Å². The highest BCUT2D eigenvalue weighted by molar-refractivity contribution is 5.99. The minimum absolute atomic E-state index is 0.000126. The number of nitrogens with zero attached hydrogens (tertiary/aromatic N) is 3. The first-order valence-corrected chi connectivity index (χ1v) is 29.9. The smallest absolute Gasteiger partial charge is 0.245 e. The Morgan fingerprint density at radius 1 is 0.697 bits per heavy atom. The molecule has 0 spiro atoms. The summed E-state index contributed by atoms with van der Waals surface area (Å²) in [4.78, 5) is 155. The number of nitrogens with one attached hydrogen (secondary N) is 10. The Hall–Kier alpha value is -9.16. The third-order valence-corrected chi connectivity index (χ3v) is 14.9. The number of phenolic OH excluding ortho intramolecular Hbond substituents is 1. The Morgan fingerprint density at radius 2 is 1.28 bits per heavy atom. The maximum atomic E-state index is 14.7. The van der Waals surface area contributed by atoms with Gasteiger partial charge in [0.1, 0.15) is 54.1 Å². The average Bonchev–Trinajstić information content (AvgIpc) is 2.72. The van der Waals surface area contributed by atoms with Crippen LogP contribution >= 0.6 is 0 Å². The van der Waals surface area contributed by atoms with Gasteiger partial charge < -0.3 is 96.3 Å². The highest BCUT2D eigenvalue weighted by atomic mass is 16.3. The van der Waals surface area contributed by atoms with Crippen LogP contribution < -0.4 is 71.2 Å². The zero-order valence-electron chi connectivity index (χ0n) is 50.6. The van der Waals surface area contributed by atoms with Gasteiger partial charge in [-0.1, -0.05) is 44.2 Å². The van der Waals surface area contributed by atoms with Gasteiger partial charge in [-0.05, 0) is 106 Å². The molecular weight excluding hydrogens is 1150 g/mol. The first-order chi connectivity index (χ1) is 42.5. The predicted molar refractivity (Wildman–Crippen MR) is 329 cm³/mol. The third kappa shape index (κ3) is 22.5. The fraction of sp³-hybridized carbons (Fsp3) is 0.525. The molecule has 1 aliphatic rings. The maximum absolute atomic E-state index is 14.7. The summed E-state index contributed by atoms with van der Waals surface area (Å²) < 4.78 is 0. The number of unbranched alkanes of at least 4 members (excludes halogenated alkanes) is 1. The highest BCUT2D eigenvalue weighted by Crippen LogP contribution is 2.22. The number of amides is 10. The molecule has 1 aliphatic heterocycles. The normalized spacial score (nSPS) is 15.6. The Balaban J connectivity index is 1.40. The lowest BCUT2D eigenvalue weighted by atomic mass is 10.00. The first-order valence-electron chi connectivity index (χ1n) is 29.9. The molecule has 0 radical (unpaired) electrons. The Bertz CT molecular complexity index is 3040. The van der Waals surface area contributed by atoms with Crippen LogP contribution in [0.25, 0.3) is 10.9 Å². The molecule has 2 aromatic heterocycles. The molecule has 30 heteroatoms. The Morgan fingerprint density at radius 3 is 1.91 bits per heavy atom. The summed E-state index contributed by atoms with van der Waals surface area (Å²) in [5.74, 6) is -8.12. The summed E-state index contributed by atoms with van der Waals surface area (Å²) in [6.07, 6.45) is 5.58. The summed E-state index contributed by atoms with van der Waals surface area (Å²) >= 11 is 0. The van der Waals surface area contributed by atoms with Crippen molar-refractivity contribution in [3.8, 4) is 5.75 Å². The number of para-hydroxylation sites is 1. The lowest BCUT2D eigenvalue weighted by Crippen LogP contribution is -2.61. The number of aromatic amines is 2. The van der Waals surface area contributed by atoms with Gasteiger partial charge in [0, 0.05) is 74.3 Å². The van der Waals surface area contributed by atoms with Crippen molar-refractivity contribution in [3.63, 3.8) is 0 Å². The number of hydrogen-bond donors (Lipinski definition) is 17. The predicted octanol–water partition coefficient (Wildman–Crippen LogP) is -3.04. The standard InChI is InChI=1S/C59H88N18O12/c1-4-66-57(88)48-15-10-24-77(48)58(89)42(14-9-23-67-59(63)64)71-52(83)43(25-33(2)3)73-51(82)41(13-7-8-22-60)70-53(84)44(26-34-16-18-37(79)19-17-34)74-56(87)47(31-78)76-54(85)45(27-35-29-68-40-12-6-5-11-38(35)40)75-55(86)46(28-36-30-65-32-69-36)72-50(81)39(61)20-21-49(62)80/h5-6,11-12,16-19,29-30,32-33,39,41-48,68,78-79H,4,7-10,13-15,20-28,31,60-61H2,1-3H3,(H2,62,80)(H,65,69)(H,66,88)(H,70,84)(H,71,83)(H,72,81)(H,73,82)(H,74,87)(H,75,86)(H,76,85)(H4,63,64,67)/t39-,41+,42-,43-,44-,45-,46-,47-,48-/m0/s1. The lowest BCUT2D eigenvalue weighted by Gasteiger charge is -2.30. The monoisotopic (exact) mass is 1240 g/mol. The van der Waals surface area contributed by atoms with Crippen LogP contribution in [0.5, 0.6) is 5.75 Å². The van der Waals surface area contributed by atoms with Gasteiger partial charge in [-0.25, -0.2) is 4.98 Å². The second-order valence-corrected chi connectivity index (χ2v) is 22.4. The molecule has 0 saturated carbocycles. The summed E-state index contributed by atoms with van der Waals surface area (Å²) in [5.41, 5.74) is 30.4. The van der Waals surface area contributed by atoms with Crippen LogP contribution in [0.3, 0.4) is 0 Å². The van der Waals surface area contributed by atoms with Crippen LogP contribution in [0, 0.1) is 5.92 Å². The van der Waals surface area contributed by atoms with Gasteiger partial charge in [-0.3, -0.25) is 52.9 Å². The maximum Gasteiger partial charge on any atom is 0.245 e. The molecule has 0 aliphatic carbocycles. The van der Waals surface area contributed by atoms with Crippen LogP contribution in [-0.4, -0.2) is 182 Å². The third-order valence-electron chi connectivity index (χ3n) is 14.9. The fourth-order valence-corrected chi connectivity index (χ4v) is 10.2. The highest BCUT2D eigenvalue weighted by Gasteiger charge is 2.39. The van der Waals surface area contributed by atoms with E-state index in [1.54, 1.807) is 37.4 Å². The number of carbonyl (C=O) groups is 10.